The highest BCUT2D eigenvalue weighted by Crippen LogP contribution is 2.31. The first-order valence-corrected chi connectivity index (χ1v) is 17.7. The second kappa shape index (κ2) is 15.5. The van der Waals surface area contributed by atoms with Gasteiger partial charge in [-0.1, -0.05) is 91.0 Å². The summed E-state index contributed by atoms with van der Waals surface area (Å²) in [4.78, 5) is 44.9. The number of fused-ring (bicyclic) bond motifs is 1. The topological polar surface area (TPSA) is 87.1 Å². The summed E-state index contributed by atoms with van der Waals surface area (Å²) >= 11 is 0. The number of H-pyrrole nitrogens is 1. The third-order valence-electron chi connectivity index (χ3n) is 10.1. The fourth-order valence-electron chi connectivity index (χ4n) is 7.38. The van der Waals surface area contributed by atoms with Gasteiger partial charge in [0.1, 0.15) is 5.82 Å². The number of rotatable bonds is 13. The Hall–Kier alpha value is -5.34. The van der Waals surface area contributed by atoms with E-state index in [1.807, 2.05) is 90.9 Å². The number of likely N-dealkylation sites (N-methyl/N-ethyl adjacent to an activating group) is 1. The van der Waals surface area contributed by atoms with Crippen LogP contribution in [0.3, 0.4) is 0 Å². The number of amides is 1. The summed E-state index contributed by atoms with van der Waals surface area (Å²) in [5, 5.41) is 0. The van der Waals surface area contributed by atoms with Crippen molar-refractivity contribution in [2.75, 3.05) is 33.2 Å². The van der Waals surface area contributed by atoms with Gasteiger partial charge < -0.3 is 19.4 Å². The number of imidazole rings is 2. The predicted molar refractivity (Wildman–Crippen MR) is 197 cm³/mol. The third kappa shape index (κ3) is 7.45. The lowest BCUT2D eigenvalue weighted by atomic mass is 9.90. The molecule has 8 heteroatoms. The summed E-state index contributed by atoms with van der Waals surface area (Å²) < 4.78 is 2.12. The third-order valence-corrected chi connectivity index (χ3v) is 10.1. The largest absolute Gasteiger partial charge is 0.347 e. The van der Waals surface area contributed by atoms with Gasteiger partial charge in [0, 0.05) is 49.8 Å². The van der Waals surface area contributed by atoms with Crippen molar-refractivity contribution in [3.8, 4) is 0 Å². The number of carbonyl (C=O) groups excluding carboxylic acids is 2. The lowest BCUT2D eigenvalue weighted by Crippen LogP contribution is -2.39. The van der Waals surface area contributed by atoms with Gasteiger partial charge in [0.15, 0.2) is 5.82 Å². The molecule has 1 N–H and O–H groups in total. The van der Waals surface area contributed by atoms with Crippen LogP contribution in [-0.4, -0.2) is 74.2 Å². The number of aromatic amines is 1. The molecule has 3 heterocycles. The Bertz CT molecular complexity index is 1980. The molecule has 0 bridgehead atoms. The zero-order valence-electron chi connectivity index (χ0n) is 28.6. The highest BCUT2D eigenvalue weighted by molar-refractivity contribution is 5.98. The summed E-state index contributed by atoms with van der Waals surface area (Å²) in [6, 6.07) is 38.2. The lowest BCUT2D eigenvalue weighted by molar-refractivity contribution is 0.0779. The molecule has 50 heavy (non-hydrogen) atoms. The molecular weight excluding hydrogens is 621 g/mol. The summed E-state index contributed by atoms with van der Waals surface area (Å²) in [5.74, 6) is 1.57. The van der Waals surface area contributed by atoms with E-state index >= 15 is 0 Å². The number of hydrogen-bond acceptors (Lipinski definition) is 5. The van der Waals surface area contributed by atoms with E-state index in [2.05, 4.69) is 61.9 Å². The summed E-state index contributed by atoms with van der Waals surface area (Å²) in [5.41, 5.74) is 4.88. The van der Waals surface area contributed by atoms with Crippen molar-refractivity contribution in [1.29, 1.82) is 0 Å². The van der Waals surface area contributed by atoms with Crippen LogP contribution in [0.4, 0.5) is 0 Å². The number of Topliss-reactive ketones (excluding diaryl/α,β-unsaturated/α-hetero) is 1. The molecule has 1 aliphatic rings. The normalized spacial score (nSPS) is 15.1. The molecule has 254 valence electrons. The Morgan fingerprint density at radius 2 is 1.52 bits per heavy atom. The molecule has 4 aromatic carbocycles. The molecule has 6 aromatic rings. The number of para-hydroxylation sites is 2. The fraction of sp³-hybridized carbons (Fsp3) is 0.286. The number of nitrogens with zero attached hydrogens (tertiary/aromatic N) is 5. The van der Waals surface area contributed by atoms with E-state index in [-0.39, 0.29) is 29.6 Å². The Morgan fingerprint density at radius 3 is 2.22 bits per heavy atom. The van der Waals surface area contributed by atoms with Crippen molar-refractivity contribution < 1.29 is 9.59 Å². The van der Waals surface area contributed by atoms with Gasteiger partial charge in [-0.15, -0.1) is 0 Å². The van der Waals surface area contributed by atoms with Gasteiger partial charge in [0.25, 0.3) is 5.91 Å². The fourth-order valence-corrected chi connectivity index (χ4v) is 7.38. The monoisotopic (exact) mass is 664 g/mol. The maximum absolute atomic E-state index is 14.4. The SMILES string of the molecule is CN(CC(CCN1CCC(C(=O)c2nc3ccccc3n2C(Cc2ccccc2)c2ncc[nH]2)CC1)c1ccccc1)C(=O)c1ccccc1. The standard InChI is InChI=1S/C42H44N6O2/c1-46(42(50)34-17-9-4-10-18-34)30-35(32-15-7-3-8-16-32)23-28-47-26-21-33(22-27-47)39(49)41-45-36-19-11-12-20-37(36)48(41)38(40-43-24-25-44-40)29-31-13-5-2-6-14-31/h2-20,24-25,33,35,38H,21-23,26-30H2,1H3,(H,43,44). The molecule has 0 spiro atoms. The molecule has 2 aromatic heterocycles. The first-order chi connectivity index (χ1) is 24.5. The Balaban J connectivity index is 1.05. The molecule has 1 fully saturated rings. The molecule has 2 unspecified atom stereocenters. The van der Waals surface area contributed by atoms with E-state index in [1.165, 1.54) is 11.1 Å². The molecular formula is C42H44N6O2. The molecule has 1 aliphatic heterocycles. The molecule has 0 radical (unpaired) electrons. The summed E-state index contributed by atoms with van der Waals surface area (Å²) in [6.07, 6.45) is 6.79. The van der Waals surface area contributed by atoms with E-state index in [4.69, 9.17) is 4.98 Å². The molecule has 0 aliphatic carbocycles. The van der Waals surface area contributed by atoms with Crippen LogP contribution < -0.4 is 0 Å². The van der Waals surface area contributed by atoms with Gasteiger partial charge in [-0.2, -0.15) is 0 Å². The van der Waals surface area contributed by atoms with Gasteiger partial charge in [0.05, 0.1) is 17.1 Å². The minimum Gasteiger partial charge on any atom is -0.347 e. The number of likely N-dealkylation sites (tertiary alicyclic amines) is 1. The zero-order valence-corrected chi connectivity index (χ0v) is 28.6. The maximum Gasteiger partial charge on any atom is 0.253 e. The Labute approximate surface area is 293 Å². The van der Waals surface area contributed by atoms with E-state index < -0.39 is 0 Å². The highest BCUT2D eigenvalue weighted by Gasteiger charge is 2.33. The van der Waals surface area contributed by atoms with E-state index in [0.29, 0.717) is 24.4 Å². The van der Waals surface area contributed by atoms with Crippen molar-refractivity contribution >= 4 is 22.7 Å². The van der Waals surface area contributed by atoms with E-state index in [1.54, 1.807) is 6.20 Å². The van der Waals surface area contributed by atoms with Crippen molar-refractivity contribution in [1.82, 2.24) is 29.3 Å². The van der Waals surface area contributed by atoms with Gasteiger partial charge in [-0.05, 0) is 74.3 Å². The maximum atomic E-state index is 14.4. The first kappa shape index (κ1) is 33.2. The molecule has 2 atom stereocenters. The first-order valence-electron chi connectivity index (χ1n) is 17.7. The van der Waals surface area contributed by atoms with Crippen LogP contribution in [0.15, 0.2) is 128 Å². The quantitative estimate of drug-likeness (QED) is 0.130. The van der Waals surface area contributed by atoms with Crippen LogP contribution in [0.25, 0.3) is 11.0 Å². The van der Waals surface area contributed by atoms with Gasteiger partial charge in [0.2, 0.25) is 5.78 Å². The van der Waals surface area contributed by atoms with Crippen LogP contribution in [0.1, 0.15) is 69.2 Å². The summed E-state index contributed by atoms with van der Waals surface area (Å²) in [7, 11) is 1.89. The van der Waals surface area contributed by atoms with Crippen molar-refractivity contribution in [2.24, 2.45) is 5.92 Å². The lowest BCUT2D eigenvalue weighted by Gasteiger charge is -2.33. The van der Waals surface area contributed by atoms with E-state index in [9.17, 15) is 9.59 Å². The van der Waals surface area contributed by atoms with Crippen LogP contribution in [-0.2, 0) is 6.42 Å². The average Bonchev–Trinajstić information content (AvgIpc) is 3.85. The van der Waals surface area contributed by atoms with Crippen LogP contribution in [0, 0.1) is 5.92 Å². The Morgan fingerprint density at radius 1 is 0.860 bits per heavy atom. The number of aromatic nitrogens is 4. The number of nitrogens with one attached hydrogen (secondary N) is 1. The van der Waals surface area contributed by atoms with Crippen molar-refractivity contribution in [3.63, 3.8) is 0 Å². The van der Waals surface area contributed by atoms with E-state index in [0.717, 1.165) is 55.8 Å². The second-order valence-electron chi connectivity index (χ2n) is 13.4. The summed E-state index contributed by atoms with van der Waals surface area (Å²) in [6.45, 7) is 3.25. The number of piperidine rings is 1. The van der Waals surface area contributed by atoms with Crippen LogP contribution in [0.2, 0.25) is 0 Å². The van der Waals surface area contributed by atoms with Crippen molar-refractivity contribution in [2.45, 2.75) is 37.6 Å². The Kier molecular flexibility index (Phi) is 10.3. The number of hydrogen-bond donors (Lipinski definition) is 1. The van der Waals surface area contributed by atoms with Crippen LogP contribution in [0.5, 0.6) is 0 Å². The van der Waals surface area contributed by atoms with Crippen LogP contribution >= 0.6 is 0 Å². The molecule has 1 saturated heterocycles. The zero-order chi connectivity index (χ0) is 34.3. The number of ketones is 1. The molecule has 8 nitrogen and oxygen atoms in total. The minimum atomic E-state index is -0.208. The molecule has 7 rings (SSSR count). The minimum absolute atomic E-state index is 0.0370. The highest BCUT2D eigenvalue weighted by atomic mass is 16.2. The van der Waals surface area contributed by atoms with Crippen molar-refractivity contribution in [3.05, 3.63) is 156 Å². The molecule has 0 saturated carbocycles. The molecule has 1 amide bonds. The average molecular weight is 665 g/mol. The smallest absolute Gasteiger partial charge is 0.253 e. The predicted octanol–water partition coefficient (Wildman–Crippen LogP) is 7.43. The van der Waals surface area contributed by atoms with Gasteiger partial charge in [-0.3, -0.25) is 9.59 Å². The van der Waals surface area contributed by atoms with Gasteiger partial charge in [-0.25, -0.2) is 9.97 Å². The number of carbonyl (C=O) groups is 2. The number of benzene rings is 4. The van der Waals surface area contributed by atoms with Gasteiger partial charge >= 0.3 is 0 Å². The second-order valence-corrected chi connectivity index (χ2v) is 13.4.